The summed E-state index contributed by atoms with van der Waals surface area (Å²) in [7, 11) is 0. The number of thiocarbonyl (C=S) groups is 1. The van der Waals surface area contributed by atoms with Gasteiger partial charge in [0.05, 0.1) is 11.3 Å². The predicted molar refractivity (Wildman–Crippen MR) is 63.1 cm³/mol. The van der Waals surface area contributed by atoms with E-state index >= 15 is 0 Å². The highest BCUT2D eigenvalue weighted by atomic mass is 32.2. The van der Waals surface area contributed by atoms with Crippen molar-refractivity contribution in [3.63, 3.8) is 0 Å². The van der Waals surface area contributed by atoms with Crippen LogP contribution in [0.25, 0.3) is 0 Å². The quantitative estimate of drug-likeness (QED) is 0.504. The second-order valence-corrected chi connectivity index (χ2v) is 5.47. The minimum atomic E-state index is 0.216. The van der Waals surface area contributed by atoms with Gasteiger partial charge in [-0.3, -0.25) is 0 Å². The van der Waals surface area contributed by atoms with Crippen LogP contribution in [-0.4, -0.2) is 27.1 Å². The Labute approximate surface area is 94.0 Å². The molecule has 74 valence electrons. The molecule has 2 aliphatic rings. The average Bonchev–Trinajstić information content (AvgIpc) is 2.56. The Hall–Kier alpha value is -0.530. The molecule has 0 saturated carbocycles. The van der Waals surface area contributed by atoms with Crippen LogP contribution >= 0.6 is 24.0 Å². The van der Waals surface area contributed by atoms with E-state index < -0.39 is 0 Å². The van der Waals surface area contributed by atoms with Gasteiger partial charge in [0.2, 0.25) is 0 Å². The van der Waals surface area contributed by atoms with E-state index in [0.29, 0.717) is 11.6 Å². The van der Waals surface area contributed by atoms with Gasteiger partial charge >= 0.3 is 0 Å². The summed E-state index contributed by atoms with van der Waals surface area (Å²) in [6.07, 6.45) is 3.63. The summed E-state index contributed by atoms with van der Waals surface area (Å²) < 4.78 is 0.955. The molecule has 0 aliphatic carbocycles. The molecule has 0 N–H and O–H groups in total. The SMILES string of the molecule is C=C(C#N)C1SC(=S)N2CCCCC12. The van der Waals surface area contributed by atoms with Gasteiger partial charge in [-0.05, 0) is 19.3 Å². The molecule has 2 nitrogen and oxygen atoms in total. The molecule has 4 heteroatoms. The normalized spacial score (nSPS) is 31.1. The number of hydrogen-bond donors (Lipinski definition) is 0. The van der Waals surface area contributed by atoms with E-state index in [1.807, 2.05) is 0 Å². The highest BCUT2D eigenvalue weighted by molar-refractivity contribution is 8.23. The summed E-state index contributed by atoms with van der Waals surface area (Å²) in [6, 6.07) is 2.60. The fourth-order valence-electron chi connectivity index (χ4n) is 2.12. The summed E-state index contributed by atoms with van der Waals surface area (Å²) in [6.45, 7) is 4.87. The molecule has 0 aromatic rings. The van der Waals surface area contributed by atoms with Crippen molar-refractivity contribution >= 4 is 28.3 Å². The maximum absolute atomic E-state index is 8.85. The van der Waals surface area contributed by atoms with Gasteiger partial charge in [0, 0.05) is 18.2 Å². The third kappa shape index (κ3) is 1.55. The van der Waals surface area contributed by atoms with Gasteiger partial charge in [0.1, 0.15) is 4.32 Å². The maximum atomic E-state index is 8.85. The standard InChI is InChI=1S/C10H12N2S2/c1-7(6-11)9-8-4-2-3-5-12(8)10(13)14-9/h8-9H,1-5H2. The van der Waals surface area contributed by atoms with E-state index in [4.69, 9.17) is 17.5 Å². The molecular formula is C10H12N2S2. The first-order chi connectivity index (χ1) is 6.74. The lowest BCUT2D eigenvalue weighted by molar-refractivity contribution is 0.262. The van der Waals surface area contributed by atoms with Crippen LogP contribution in [0.2, 0.25) is 0 Å². The average molecular weight is 224 g/mol. The number of nitrogens with zero attached hydrogens (tertiary/aromatic N) is 2. The Kier molecular flexibility index (Phi) is 2.80. The van der Waals surface area contributed by atoms with E-state index in [2.05, 4.69) is 17.5 Å². The minimum absolute atomic E-state index is 0.216. The van der Waals surface area contributed by atoms with Gasteiger partial charge in [0.25, 0.3) is 0 Å². The molecule has 0 spiro atoms. The third-order valence-electron chi connectivity index (χ3n) is 2.85. The van der Waals surface area contributed by atoms with Crippen molar-refractivity contribution in [3.8, 4) is 6.07 Å². The lowest BCUT2D eigenvalue weighted by Gasteiger charge is -2.32. The Bertz CT molecular complexity index is 319. The van der Waals surface area contributed by atoms with Crippen LogP contribution in [0.3, 0.4) is 0 Å². The summed E-state index contributed by atoms with van der Waals surface area (Å²) in [4.78, 5) is 2.27. The van der Waals surface area contributed by atoms with Gasteiger partial charge in [-0.2, -0.15) is 5.26 Å². The largest absolute Gasteiger partial charge is 0.353 e. The zero-order valence-electron chi connectivity index (χ0n) is 7.90. The molecule has 2 rings (SSSR count). The molecular weight excluding hydrogens is 212 g/mol. The van der Waals surface area contributed by atoms with Gasteiger partial charge in [-0.1, -0.05) is 30.6 Å². The van der Waals surface area contributed by atoms with Crippen LogP contribution in [0, 0.1) is 11.3 Å². The molecule has 2 aliphatic heterocycles. The number of nitriles is 1. The molecule has 2 atom stereocenters. The fourth-order valence-corrected chi connectivity index (χ4v) is 3.87. The van der Waals surface area contributed by atoms with Crippen molar-refractivity contribution in [1.29, 1.82) is 5.26 Å². The Morgan fingerprint density at radius 3 is 3.14 bits per heavy atom. The first kappa shape index (κ1) is 10.0. The Balaban J connectivity index is 2.18. The number of hydrogen-bond acceptors (Lipinski definition) is 3. The van der Waals surface area contributed by atoms with E-state index in [1.165, 1.54) is 12.8 Å². The number of fused-ring (bicyclic) bond motifs is 1. The zero-order chi connectivity index (χ0) is 10.1. The fraction of sp³-hybridized carbons (Fsp3) is 0.600. The third-order valence-corrected chi connectivity index (χ3v) is 4.66. The molecule has 0 aromatic heterocycles. The van der Waals surface area contributed by atoms with Crippen LogP contribution in [0.15, 0.2) is 12.2 Å². The Morgan fingerprint density at radius 1 is 1.64 bits per heavy atom. The maximum Gasteiger partial charge on any atom is 0.137 e. The second-order valence-electron chi connectivity index (χ2n) is 3.70. The summed E-state index contributed by atoms with van der Waals surface area (Å²) in [5.74, 6) is 0. The first-order valence-electron chi connectivity index (χ1n) is 4.80. The molecule has 2 heterocycles. The van der Waals surface area contributed by atoms with Crippen molar-refractivity contribution in [1.82, 2.24) is 4.90 Å². The minimum Gasteiger partial charge on any atom is -0.353 e. The van der Waals surface area contributed by atoms with Gasteiger partial charge in [0.15, 0.2) is 0 Å². The van der Waals surface area contributed by atoms with E-state index in [-0.39, 0.29) is 5.25 Å². The van der Waals surface area contributed by atoms with Crippen LogP contribution in [0.4, 0.5) is 0 Å². The first-order valence-corrected chi connectivity index (χ1v) is 6.09. The number of thioether (sulfide) groups is 1. The van der Waals surface area contributed by atoms with E-state index in [1.54, 1.807) is 11.8 Å². The van der Waals surface area contributed by atoms with Gasteiger partial charge in [-0.25, -0.2) is 0 Å². The highest BCUT2D eigenvalue weighted by Crippen LogP contribution is 2.39. The molecule has 14 heavy (non-hydrogen) atoms. The second kappa shape index (κ2) is 3.92. The molecule has 0 bridgehead atoms. The number of rotatable bonds is 1. The molecule has 0 radical (unpaired) electrons. The predicted octanol–water partition coefficient (Wildman–Crippen LogP) is 2.32. The van der Waals surface area contributed by atoms with Gasteiger partial charge < -0.3 is 4.90 Å². The van der Waals surface area contributed by atoms with Crippen LogP contribution in [0.5, 0.6) is 0 Å². The molecule has 2 fully saturated rings. The van der Waals surface area contributed by atoms with Crippen LogP contribution < -0.4 is 0 Å². The van der Waals surface area contributed by atoms with Gasteiger partial charge in [-0.15, -0.1) is 0 Å². The lowest BCUT2D eigenvalue weighted by atomic mass is 9.97. The van der Waals surface area contributed by atoms with Crippen molar-refractivity contribution in [2.24, 2.45) is 0 Å². The zero-order valence-corrected chi connectivity index (χ0v) is 9.53. The molecule has 0 aromatic carbocycles. The van der Waals surface area contributed by atoms with Crippen molar-refractivity contribution in [3.05, 3.63) is 12.2 Å². The topological polar surface area (TPSA) is 27.0 Å². The van der Waals surface area contributed by atoms with E-state index in [9.17, 15) is 0 Å². The molecule has 0 amide bonds. The van der Waals surface area contributed by atoms with Crippen molar-refractivity contribution in [2.75, 3.05) is 6.54 Å². The van der Waals surface area contributed by atoms with Crippen molar-refractivity contribution < 1.29 is 0 Å². The molecule has 2 unspecified atom stereocenters. The van der Waals surface area contributed by atoms with Crippen LogP contribution in [-0.2, 0) is 0 Å². The monoisotopic (exact) mass is 224 g/mol. The summed E-state index contributed by atoms with van der Waals surface area (Å²) in [5, 5.41) is 9.06. The smallest absolute Gasteiger partial charge is 0.137 e. The number of piperidine rings is 1. The summed E-state index contributed by atoms with van der Waals surface area (Å²) >= 11 is 6.94. The van der Waals surface area contributed by atoms with E-state index in [0.717, 1.165) is 17.3 Å². The van der Waals surface area contributed by atoms with Crippen molar-refractivity contribution in [2.45, 2.75) is 30.6 Å². The highest BCUT2D eigenvalue weighted by Gasteiger charge is 2.40. The lowest BCUT2D eigenvalue weighted by Crippen LogP contribution is -2.40. The van der Waals surface area contributed by atoms with Crippen LogP contribution in [0.1, 0.15) is 19.3 Å². The molecule has 2 saturated heterocycles. The summed E-state index contributed by atoms with van der Waals surface area (Å²) in [5.41, 5.74) is 0.673. The Morgan fingerprint density at radius 2 is 2.43 bits per heavy atom.